The number of carbonyl (C=O) groups excluding carboxylic acids is 1. The van der Waals surface area contributed by atoms with Crippen LogP contribution in [-0.4, -0.2) is 30.0 Å². The zero-order valence-electron chi connectivity index (χ0n) is 11.7. The number of ketones is 1. The third-order valence-corrected chi connectivity index (χ3v) is 3.68. The van der Waals surface area contributed by atoms with Crippen LogP contribution in [0.3, 0.4) is 0 Å². The molecule has 1 N–H and O–H groups in total. The number of hydrogen-bond acceptors (Lipinski definition) is 4. The molecule has 0 atom stereocenters. The summed E-state index contributed by atoms with van der Waals surface area (Å²) in [5.74, 6) is 0.983. The summed E-state index contributed by atoms with van der Waals surface area (Å²) in [7, 11) is 1.98. The van der Waals surface area contributed by atoms with Gasteiger partial charge in [-0.1, -0.05) is 6.92 Å². The summed E-state index contributed by atoms with van der Waals surface area (Å²) in [5.41, 5.74) is 1.12. The van der Waals surface area contributed by atoms with Crippen LogP contribution < -0.4 is 10.1 Å². The number of hydrogen-bond donors (Lipinski definition) is 1. The summed E-state index contributed by atoms with van der Waals surface area (Å²) in [4.78, 5) is 15.6. The monoisotopic (exact) mass is 262 g/mol. The smallest absolute Gasteiger partial charge is 0.213 e. The first-order chi connectivity index (χ1) is 9.21. The van der Waals surface area contributed by atoms with Gasteiger partial charge in [-0.15, -0.1) is 0 Å². The Labute approximate surface area is 114 Å². The van der Waals surface area contributed by atoms with E-state index in [4.69, 9.17) is 4.74 Å². The van der Waals surface area contributed by atoms with Crippen LogP contribution in [-0.2, 0) is 11.2 Å². The maximum absolute atomic E-state index is 11.3. The van der Waals surface area contributed by atoms with E-state index in [9.17, 15) is 4.79 Å². The lowest BCUT2D eigenvalue weighted by atomic mass is 9.89. The number of aryl methyl sites for hydroxylation is 1. The molecule has 0 spiro atoms. The van der Waals surface area contributed by atoms with E-state index in [0.29, 0.717) is 30.5 Å². The van der Waals surface area contributed by atoms with E-state index in [1.54, 1.807) is 6.20 Å². The van der Waals surface area contributed by atoms with Gasteiger partial charge in [0.1, 0.15) is 11.9 Å². The van der Waals surface area contributed by atoms with Crippen molar-refractivity contribution in [2.24, 2.45) is 0 Å². The largest absolute Gasteiger partial charge is 0.474 e. The first-order valence-electron chi connectivity index (χ1n) is 7.01. The highest BCUT2D eigenvalue weighted by Gasteiger charge is 2.29. The molecule has 19 heavy (non-hydrogen) atoms. The van der Waals surface area contributed by atoms with Crippen molar-refractivity contribution in [3.8, 4) is 5.88 Å². The fourth-order valence-electron chi connectivity index (χ4n) is 2.20. The van der Waals surface area contributed by atoms with Gasteiger partial charge in [0.2, 0.25) is 5.88 Å². The second-order valence-electron chi connectivity index (χ2n) is 5.09. The summed E-state index contributed by atoms with van der Waals surface area (Å²) in [6.45, 7) is 1.90. The quantitative estimate of drug-likeness (QED) is 0.818. The fraction of sp³-hybridized carbons (Fsp3) is 0.600. The molecule has 4 nitrogen and oxygen atoms in total. The molecular weight excluding hydrogens is 240 g/mol. The maximum Gasteiger partial charge on any atom is 0.213 e. The van der Waals surface area contributed by atoms with Crippen LogP contribution in [0, 0.1) is 0 Å². The van der Waals surface area contributed by atoms with Crippen LogP contribution in [0.4, 0.5) is 0 Å². The van der Waals surface area contributed by atoms with Crippen molar-refractivity contribution in [2.75, 3.05) is 7.05 Å². The van der Waals surface area contributed by atoms with Gasteiger partial charge in [0.05, 0.1) is 0 Å². The van der Waals surface area contributed by atoms with Crippen molar-refractivity contribution in [1.29, 1.82) is 0 Å². The Kier molecular flexibility index (Phi) is 4.91. The average molecular weight is 262 g/mol. The van der Waals surface area contributed by atoms with Crippen LogP contribution in [0.25, 0.3) is 0 Å². The molecule has 1 saturated carbocycles. The molecule has 1 fully saturated rings. The second-order valence-corrected chi connectivity index (χ2v) is 5.09. The summed E-state index contributed by atoms with van der Waals surface area (Å²) in [5, 5.41) is 3.23. The lowest BCUT2D eigenvalue weighted by Crippen LogP contribution is -2.45. The Morgan fingerprint density at radius 2 is 2.32 bits per heavy atom. The molecule has 4 heteroatoms. The SMILES string of the molecule is CCC(=O)CCc1ccnc(OC2CC(NC)C2)c1. The molecule has 104 valence electrons. The molecule has 0 unspecified atom stereocenters. The Bertz CT molecular complexity index is 428. The summed E-state index contributed by atoms with van der Waals surface area (Å²) >= 11 is 0. The van der Waals surface area contributed by atoms with Crippen molar-refractivity contribution in [2.45, 2.75) is 51.2 Å². The van der Waals surface area contributed by atoms with E-state index in [-0.39, 0.29) is 6.10 Å². The van der Waals surface area contributed by atoms with Crippen LogP contribution in [0.15, 0.2) is 18.3 Å². The fourth-order valence-corrected chi connectivity index (χ4v) is 2.20. The Balaban J connectivity index is 1.83. The second kappa shape index (κ2) is 6.66. The number of carbonyl (C=O) groups is 1. The van der Waals surface area contributed by atoms with Crippen molar-refractivity contribution in [3.05, 3.63) is 23.9 Å². The van der Waals surface area contributed by atoms with Crippen LogP contribution >= 0.6 is 0 Å². The van der Waals surface area contributed by atoms with Gasteiger partial charge >= 0.3 is 0 Å². The van der Waals surface area contributed by atoms with Gasteiger partial charge < -0.3 is 10.1 Å². The standard InChI is InChI=1S/C15H22N2O2/c1-3-13(18)5-4-11-6-7-17-15(8-11)19-14-9-12(10-14)16-2/h6-8,12,14,16H,3-5,9-10H2,1-2H3. The lowest BCUT2D eigenvalue weighted by Gasteiger charge is -2.34. The Morgan fingerprint density at radius 3 is 3.00 bits per heavy atom. The highest BCUT2D eigenvalue weighted by molar-refractivity contribution is 5.78. The van der Waals surface area contributed by atoms with Gasteiger partial charge in [0, 0.05) is 31.1 Å². The molecule has 1 heterocycles. The summed E-state index contributed by atoms with van der Waals surface area (Å²) < 4.78 is 5.82. The molecule has 0 saturated heterocycles. The van der Waals surface area contributed by atoms with Crippen molar-refractivity contribution < 1.29 is 9.53 Å². The summed E-state index contributed by atoms with van der Waals surface area (Å²) in [6.07, 6.45) is 6.10. The predicted octanol–water partition coefficient (Wildman–Crippen LogP) is 2.12. The van der Waals surface area contributed by atoms with E-state index in [1.807, 2.05) is 26.1 Å². The van der Waals surface area contributed by atoms with Crippen LogP contribution in [0.2, 0.25) is 0 Å². The van der Waals surface area contributed by atoms with Crippen molar-refractivity contribution in [1.82, 2.24) is 10.3 Å². The summed E-state index contributed by atoms with van der Waals surface area (Å²) in [6, 6.07) is 4.48. The third kappa shape index (κ3) is 4.03. The van der Waals surface area contributed by atoms with Gasteiger partial charge in [0.15, 0.2) is 0 Å². The number of nitrogens with zero attached hydrogens (tertiary/aromatic N) is 1. The zero-order chi connectivity index (χ0) is 13.7. The first kappa shape index (κ1) is 14.0. The number of nitrogens with one attached hydrogen (secondary N) is 1. The third-order valence-electron chi connectivity index (χ3n) is 3.68. The van der Waals surface area contributed by atoms with E-state index >= 15 is 0 Å². The molecule has 0 aromatic carbocycles. The first-order valence-corrected chi connectivity index (χ1v) is 7.01. The van der Waals surface area contributed by atoms with Gasteiger partial charge in [0.25, 0.3) is 0 Å². The predicted molar refractivity (Wildman–Crippen MR) is 74.4 cm³/mol. The molecule has 0 aliphatic heterocycles. The number of Topliss-reactive ketones (excluding diaryl/α,β-unsaturated/α-hetero) is 1. The van der Waals surface area contributed by atoms with Crippen molar-refractivity contribution in [3.63, 3.8) is 0 Å². The number of ether oxygens (including phenoxy) is 1. The highest BCUT2D eigenvalue weighted by atomic mass is 16.5. The van der Waals surface area contributed by atoms with Gasteiger partial charge in [-0.3, -0.25) is 4.79 Å². The van der Waals surface area contributed by atoms with Gasteiger partial charge in [-0.05, 0) is 37.9 Å². The molecule has 1 aromatic rings. The normalized spacial score (nSPS) is 21.8. The molecule has 2 rings (SSSR count). The molecule has 1 aliphatic rings. The number of pyridine rings is 1. The molecule has 0 radical (unpaired) electrons. The van der Waals surface area contributed by atoms with Crippen LogP contribution in [0.1, 0.15) is 38.2 Å². The average Bonchev–Trinajstić information content (AvgIpc) is 2.40. The van der Waals surface area contributed by atoms with E-state index in [2.05, 4.69) is 10.3 Å². The minimum Gasteiger partial charge on any atom is -0.474 e. The number of aromatic nitrogens is 1. The molecule has 1 aliphatic carbocycles. The molecule has 0 bridgehead atoms. The highest BCUT2D eigenvalue weighted by Crippen LogP contribution is 2.25. The minimum atomic E-state index is 0.275. The van der Waals surface area contributed by atoms with Gasteiger partial charge in [-0.25, -0.2) is 4.98 Å². The van der Waals surface area contributed by atoms with Gasteiger partial charge in [-0.2, -0.15) is 0 Å². The van der Waals surface area contributed by atoms with Crippen LogP contribution in [0.5, 0.6) is 5.88 Å². The minimum absolute atomic E-state index is 0.275. The Hall–Kier alpha value is -1.42. The molecular formula is C15H22N2O2. The molecule has 0 amide bonds. The lowest BCUT2D eigenvalue weighted by molar-refractivity contribution is -0.118. The zero-order valence-corrected chi connectivity index (χ0v) is 11.7. The topological polar surface area (TPSA) is 51.2 Å². The Morgan fingerprint density at radius 1 is 1.53 bits per heavy atom. The number of rotatable bonds is 7. The van der Waals surface area contributed by atoms with E-state index in [1.165, 1.54) is 0 Å². The molecule has 1 aromatic heterocycles. The van der Waals surface area contributed by atoms with E-state index < -0.39 is 0 Å². The van der Waals surface area contributed by atoms with Crippen molar-refractivity contribution >= 4 is 5.78 Å². The maximum atomic E-state index is 11.3. The van der Waals surface area contributed by atoms with E-state index in [0.717, 1.165) is 24.8 Å².